The normalized spacial score (nSPS) is 15.8. The molecule has 2 aromatic carbocycles. The van der Waals surface area contributed by atoms with E-state index >= 15 is 0 Å². The first-order chi connectivity index (χ1) is 19.5. The van der Waals surface area contributed by atoms with Gasteiger partial charge >= 0.3 is 12.1 Å². The number of anilines is 3. The molecule has 12 heteroatoms. The lowest BCUT2D eigenvalue weighted by molar-refractivity contribution is 0.177. The van der Waals surface area contributed by atoms with Crippen molar-refractivity contribution in [2.45, 2.75) is 32.2 Å². The van der Waals surface area contributed by atoms with E-state index < -0.39 is 6.09 Å². The molecule has 2 aromatic heterocycles. The number of fused-ring (bicyclic) bond motifs is 2. The van der Waals surface area contributed by atoms with E-state index in [0.29, 0.717) is 31.1 Å². The van der Waals surface area contributed by atoms with Crippen LogP contribution in [0.15, 0.2) is 48.9 Å². The first-order valence-corrected chi connectivity index (χ1v) is 13.2. The number of nitrogens with zero attached hydrogens (tertiary/aromatic N) is 5. The van der Waals surface area contributed by atoms with Crippen molar-refractivity contribution in [2.75, 3.05) is 42.3 Å². The topological polar surface area (TPSA) is 138 Å². The summed E-state index contributed by atoms with van der Waals surface area (Å²) in [5, 5.41) is 13.7. The van der Waals surface area contributed by atoms with Gasteiger partial charge in [0.05, 0.1) is 18.8 Å². The molecule has 2 aliphatic rings. The number of aromatic nitrogens is 4. The second kappa shape index (κ2) is 10.7. The number of hydrogen-bond donors (Lipinski definition) is 3. The van der Waals surface area contributed by atoms with E-state index in [0.717, 1.165) is 52.7 Å². The fraction of sp³-hybridized carbons (Fsp3) is 0.321. The number of urea groups is 1. The third kappa shape index (κ3) is 5.20. The Bertz CT molecular complexity index is 1560. The lowest BCUT2D eigenvalue weighted by atomic mass is 10.0. The molecular formula is C28H30N8O4. The lowest BCUT2D eigenvalue weighted by Crippen LogP contribution is -2.49. The summed E-state index contributed by atoms with van der Waals surface area (Å²) in [4.78, 5) is 38.1. The van der Waals surface area contributed by atoms with E-state index in [1.54, 1.807) is 19.4 Å². The van der Waals surface area contributed by atoms with Crippen LogP contribution in [0.4, 0.5) is 26.8 Å². The maximum Gasteiger partial charge on any atom is 0.418 e. The van der Waals surface area contributed by atoms with Crippen LogP contribution in [0, 0.1) is 6.92 Å². The standard InChI is InChI=1S/C28H30N8O4/c1-17-11-20(12-19-15-31-34-26(17)19)32-28(38)40-25-14-24(29-16-30-25)35-8-6-21(7-9-35)36-10-5-18-13-22(39-2)3-4-23(18)33-27(36)37/h3-4,11-16,21H,5-10H2,1-2H3,(H,31,34)(H,32,38)(H,33,37). The van der Waals surface area contributed by atoms with Gasteiger partial charge in [-0.15, -0.1) is 0 Å². The highest BCUT2D eigenvalue weighted by atomic mass is 16.6. The van der Waals surface area contributed by atoms with Crippen molar-refractivity contribution >= 4 is 40.2 Å². The zero-order valence-electron chi connectivity index (χ0n) is 22.3. The number of aryl methyl sites for hydroxylation is 1. The van der Waals surface area contributed by atoms with E-state index in [2.05, 4.69) is 35.7 Å². The number of nitrogens with one attached hydrogen (secondary N) is 3. The van der Waals surface area contributed by atoms with Crippen LogP contribution >= 0.6 is 0 Å². The van der Waals surface area contributed by atoms with Gasteiger partial charge in [-0.3, -0.25) is 10.4 Å². The van der Waals surface area contributed by atoms with E-state index in [9.17, 15) is 9.59 Å². The Hall–Kier alpha value is -4.87. The molecule has 12 nitrogen and oxygen atoms in total. The van der Waals surface area contributed by atoms with E-state index in [1.807, 2.05) is 42.2 Å². The van der Waals surface area contributed by atoms with Crippen LogP contribution in [0.2, 0.25) is 0 Å². The Morgan fingerprint density at radius 3 is 2.77 bits per heavy atom. The Labute approximate surface area is 230 Å². The van der Waals surface area contributed by atoms with Crippen LogP contribution in [-0.2, 0) is 6.42 Å². The van der Waals surface area contributed by atoms with E-state index in [-0.39, 0.29) is 18.0 Å². The maximum absolute atomic E-state index is 13.0. The molecule has 0 spiro atoms. The molecule has 3 amide bonds. The van der Waals surface area contributed by atoms with Crippen LogP contribution in [0.25, 0.3) is 10.9 Å². The van der Waals surface area contributed by atoms with Crippen LogP contribution in [0.1, 0.15) is 24.0 Å². The van der Waals surface area contributed by atoms with Crippen molar-refractivity contribution in [3.05, 3.63) is 60.0 Å². The summed E-state index contributed by atoms with van der Waals surface area (Å²) in [7, 11) is 1.64. The number of ether oxygens (including phenoxy) is 2. The molecule has 2 aliphatic heterocycles. The zero-order chi connectivity index (χ0) is 27.6. The van der Waals surface area contributed by atoms with Crippen molar-refractivity contribution < 1.29 is 19.1 Å². The Kier molecular flexibility index (Phi) is 6.81. The minimum atomic E-state index is -0.642. The van der Waals surface area contributed by atoms with Gasteiger partial charge in [0.25, 0.3) is 0 Å². The molecule has 40 heavy (non-hydrogen) atoms. The fourth-order valence-corrected chi connectivity index (χ4v) is 5.41. The highest BCUT2D eigenvalue weighted by Gasteiger charge is 2.30. The van der Waals surface area contributed by atoms with Gasteiger partial charge in [0, 0.05) is 48.5 Å². The maximum atomic E-state index is 13.0. The summed E-state index contributed by atoms with van der Waals surface area (Å²) >= 11 is 0. The minimum Gasteiger partial charge on any atom is -0.497 e. The molecule has 4 aromatic rings. The number of carbonyl (C=O) groups is 2. The van der Waals surface area contributed by atoms with Gasteiger partial charge < -0.3 is 24.6 Å². The van der Waals surface area contributed by atoms with Crippen molar-refractivity contribution in [3.8, 4) is 11.6 Å². The largest absolute Gasteiger partial charge is 0.497 e. The van der Waals surface area contributed by atoms with Crippen LogP contribution < -0.4 is 25.0 Å². The number of rotatable bonds is 5. The summed E-state index contributed by atoms with van der Waals surface area (Å²) in [6.07, 6.45) is 4.80. The third-order valence-electron chi connectivity index (χ3n) is 7.48. The molecule has 1 saturated heterocycles. The molecular weight excluding hydrogens is 512 g/mol. The Morgan fingerprint density at radius 1 is 1.10 bits per heavy atom. The van der Waals surface area contributed by atoms with Crippen molar-refractivity contribution in [3.63, 3.8) is 0 Å². The summed E-state index contributed by atoms with van der Waals surface area (Å²) in [6, 6.07) is 11.1. The molecule has 1 fully saturated rings. The molecule has 4 heterocycles. The molecule has 0 bridgehead atoms. The molecule has 3 N–H and O–H groups in total. The second-order valence-electron chi connectivity index (χ2n) is 9.97. The SMILES string of the molecule is COc1ccc2c(c1)CCN(C1CCN(c3cc(OC(=O)Nc4cc(C)c5[nH]ncc5c4)ncn3)CC1)C(=O)N2. The van der Waals surface area contributed by atoms with Crippen LogP contribution in [0.3, 0.4) is 0 Å². The molecule has 0 aliphatic carbocycles. The molecule has 0 unspecified atom stereocenters. The number of H-pyrrole nitrogens is 1. The molecule has 6 rings (SSSR count). The van der Waals surface area contributed by atoms with E-state index in [1.165, 1.54) is 6.33 Å². The van der Waals surface area contributed by atoms with Crippen LogP contribution in [-0.4, -0.2) is 70.0 Å². The predicted molar refractivity (Wildman–Crippen MR) is 150 cm³/mol. The third-order valence-corrected chi connectivity index (χ3v) is 7.48. The lowest BCUT2D eigenvalue weighted by Gasteiger charge is -2.38. The summed E-state index contributed by atoms with van der Waals surface area (Å²) < 4.78 is 10.8. The summed E-state index contributed by atoms with van der Waals surface area (Å²) in [5.41, 5.74) is 4.39. The average molecular weight is 543 g/mol. The Balaban J connectivity index is 1.05. The predicted octanol–water partition coefficient (Wildman–Crippen LogP) is 4.34. The van der Waals surface area contributed by atoms with E-state index in [4.69, 9.17) is 9.47 Å². The monoisotopic (exact) mass is 542 g/mol. The quantitative estimate of drug-likeness (QED) is 0.339. The minimum absolute atomic E-state index is 0.0757. The smallest absolute Gasteiger partial charge is 0.418 e. The number of aromatic amines is 1. The van der Waals surface area contributed by atoms with Crippen LogP contribution in [0.5, 0.6) is 11.6 Å². The average Bonchev–Trinajstić information content (AvgIpc) is 3.37. The number of benzene rings is 2. The number of carbonyl (C=O) groups excluding carboxylic acids is 2. The van der Waals surface area contributed by atoms with Crippen molar-refractivity contribution in [1.82, 2.24) is 25.1 Å². The van der Waals surface area contributed by atoms with Gasteiger partial charge in [-0.05, 0) is 67.6 Å². The fourth-order valence-electron chi connectivity index (χ4n) is 5.41. The summed E-state index contributed by atoms with van der Waals surface area (Å²) in [5.74, 6) is 1.61. The molecule has 0 saturated carbocycles. The number of piperidine rings is 1. The highest BCUT2D eigenvalue weighted by molar-refractivity contribution is 5.92. The first-order valence-electron chi connectivity index (χ1n) is 13.2. The zero-order valence-corrected chi connectivity index (χ0v) is 22.3. The van der Waals surface area contributed by atoms with Gasteiger partial charge in [0.2, 0.25) is 5.88 Å². The number of hydrogen-bond acceptors (Lipinski definition) is 8. The van der Waals surface area contributed by atoms with Gasteiger partial charge in [-0.2, -0.15) is 5.10 Å². The van der Waals surface area contributed by atoms with Crippen molar-refractivity contribution in [1.29, 1.82) is 0 Å². The second-order valence-corrected chi connectivity index (χ2v) is 9.97. The van der Waals surface area contributed by atoms with Gasteiger partial charge in [0.1, 0.15) is 17.9 Å². The highest BCUT2D eigenvalue weighted by Crippen LogP contribution is 2.29. The molecule has 206 valence electrons. The number of amides is 3. The Morgan fingerprint density at radius 2 is 1.95 bits per heavy atom. The van der Waals surface area contributed by atoms with Crippen molar-refractivity contribution in [2.24, 2.45) is 0 Å². The summed E-state index contributed by atoms with van der Waals surface area (Å²) in [6.45, 7) is 4.00. The molecule has 0 radical (unpaired) electrons. The van der Waals surface area contributed by atoms with Gasteiger partial charge in [-0.25, -0.2) is 19.6 Å². The van der Waals surface area contributed by atoms with Gasteiger partial charge in [-0.1, -0.05) is 0 Å². The molecule has 0 atom stereocenters. The number of methoxy groups -OCH3 is 1. The van der Waals surface area contributed by atoms with Gasteiger partial charge in [0.15, 0.2) is 0 Å². The first kappa shape index (κ1) is 25.4.